The van der Waals surface area contributed by atoms with Gasteiger partial charge in [0.2, 0.25) is 0 Å². The standard InChI is InChI=1S/C17H15ClN6/c1-2-12-11(9-19)5-3-4-8-20-17(22-12)23-14-10-21-13-6-7-15(18)24-16(13)14/h2-7,10,12,21H,1,8H2,(H2,20,22,23)/b4-3-,11-5-. The van der Waals surface area contributed by atoms with Crippen molar-refractivity contribution < 1.29 is 0 Å². The third-order valence-corrected chi connectivity index (χ3v) is 3.69. The van der Waals surface area contributed by atoms with Gasteiger partial charge in [0.15, 0.2) is 5.96 Å². The molecule has 0 aromatic carbocycles. The van der Waals surface area contributed by atoms with Crippen LogP contribution in [0.1, 0.15) is 0 Å². The molecule has 6 nitrogen and oxygen atoms in total. The Morgan fingerprint density at radius 3 is 3.12 bits per heavy atom. The van der Waals surface area contributed by atoms with E-state index in [2.05, 4.69) is 38.2 Å². The number of nitrogens with one attached hydrogen (secondary N) is 3. The molecule has 2 aromatic rings. The van der Waals surface area contributed by atoms with Crippen molar-refractivity contribution >= 4 is 34.3 Å². The summed E-state index contributed by atoms with van der Waals surface area (Å²) in [6, 6.07) is 5.31. The monoisotopic (exact) mass is 338 g/mol. The number of guanidine groups is 1. The average Bonchev–Trinajstić information content (AvgIpc) is 3.01. The van der Waals surface area contributed by atoms with Crippen LogP contribution in [0.25, 0.3) is 11.0 Å². The molecule has 0 saturated carbocycles. The molecule has 1 aliphatic heterocycles. The molecule has 2 aromatic heterocycles. The molecule has 1 atom stereocenters. The van der Waals surface area contributed by atoms with Crippen molar-refractivity contribution in [1.29, 1.82) is 5.26 Å². The predicted octanol–water partition coefficient (Wildman–Crippen LogP) is 3.15. The molecule has 1 unspecified atom stereocenters. The van der Waals surface area contributed by atoms with Gasteiger partial charge in [0.1, 0.15) is 16.7 Å². The molecule has 0 fully saturated rings. The summed E-state index contributed by atoms with van der Waals surface area (Å²) in [5.41, 5.74) is 2.84. The number of allylic oxidation sites excluding steroid dienone is 2. The van der Waals surface area contributed by atoms with Crippen LogP contribution in [0.2, 0.25) is 5.15 Å². The topological polar surface area (TPSA) is 88.9 Å². The first-order chi connectivity index (χ1) is 11.7. The molecule has 7 heteroatoms. The van der Waals surface area contributed by atoms with Crippen molar-refractivity contribution in [3.05, 3.63) is 59.9 Å². The second kappa shape index (κ2) is 7.02. The molecule has 120 valence electrons. The van der Waals surface area contributed by atoms with E-state index >= 15 is 0 Å². The Balaban J connectivity index is 1.96. The van der Waals surface area contributed by atoms with Crippen LogP contribution in [0.15, 0.2) is 59.8 Å². The van der Waals surface area contributed by atoms with E-state index in [4.69, 9.17) is 11.6 Å². The van der Waals surface area contributed by atoms with E-state index in [1.807, 2.05) is 18.2 Å². The van der Waals surface area contributed by atoms with E-state index in [0.717, 1.165) is 11.2 Å². The average molecular weight is 339 g/mol. The van der Waals surface area contributed by atoms with Crippen LogP contribution in [0, 0.1) is 11.3 Å². The maximum Gasteiger partial charge on any atom is 0.197 e. The van der Waals surface area contributed by atoms with Gasteiger partial charge in [0.05, 0.1) is 22.8 Å². The van der Waals surface area contributed by atoms with Gasteiger partial charge in [-0.25, -0.2) is 9.98 Å². The molecule has 1 aliphatic rings. The summed E-state index contributed by atoms with van der Waals surface area (Å²) in [6.45, 7) is 4.33. The van der Waals surface area contributed by atoms with Crippen molar-refractivity contribution in [2.75, 3.05) is 11.9 Å². The summed E-state index contributed by atoms with van der Waals surface area (Å²) in [4.78, 5) is 12.0. The SMILES string of the molecule is C=CC1/N=C(/Nc2c[nH]c3ccc(Cl)nc23)NC/C=C\C=C/1C#N. The number of hydrogen-bond donors (Lipinski definition) is 3. The second-order valence-electron chi connectivity index (χ2n) is 5.06. The smallest absolute Gasteiger partial charge is 0.197 e. The maximum absolute atomic E-state index is 9.28. The van der Waals surface area contributed by atoms with Gasteiger partial charge in [-0.3, -0.25) is 0 Å². The Labute approximate surface area is 144 Å². The fourth-order valence-electron chi connectivity index (χ4n) is 2.31. The van der Waals surface area contributed by atoms with Crippen molar-refractivity contribution in [3.63, 3.8) is 0 Å². The lowest BCUT2D eigenvalue weighted by Crippen LogP contribution is -2.32. The third kappa shape index (κ3) is 3.31. The number of fused-ring (bicyclic) bond motifs is 1. The van der Waals surface area contributed by atoms with Crippen LogP contribution in [0.4, 0.5) is 5.69 Å². The number of nitrogens with zero attached hydrogens (tertiary/aromatic N) is 3. The molecular formula is C17H15ClN6. The number of pyridine rings is 1. The lowest BCUT2D eigenvalue weighted by Gasteiger charge is -2.13. The highest BCUT2D eigenvalue weighted by atomic mass is 35.5. The highest BCUT2D eigenvalue weighted by Crippen LogP contribution is 2.23. The van der Waals surface area contributed by atoms with Gasteiger partial charge in [-0.1, -0.05) is 29.8 Å². The third-order valence-electron chi connectivity index (χ3n) is 3.48. The predicted molar refractivity (Wildman–Crippen MR) is 97.0 cm³/mol. The van der Waals surface area contributed by atoms with Gasteiger partial charge in [-0.2, -0.15) is 5.26 Å². The molecule has 0 saturated heterocycles. The minimum atomic E-state index is -0.436. The molecule has 3 N–H and O–H groups in total. The molecule has 0 aliphatic carbocycles. The van der Waals surface area contributed by atoms with Gasteiger partial charge in [-0.15, -0.1) is 6.58 Å². The largest absolute Gasteiger partial charge is 0.358 e. The van der Waals surface area contributed by atoms with Crippen LogP contribution < -0.4 is 10.6 Å². The highest BCUT2D eigenvalue weighted by Gasteiger charge is 2.13. The van der Waals surface area contributed by atoms with Gasteiger partial charge in [0.25, 0.3) is 0 Å². The molecule has 0 spiro atoms. The molecule has 0 amide bonds. The first-order valence-electron chi connectivity index (χ1n) is 7.33. The first kappa shape index (κ1) is 15.8. The summed E-state index contributed by atoms with van der Waals surface area (Å²) in [5, 5.41) is 16.1. The molecule has 3 heterocycles. The Morgan fingerprint density at radius 2 is 2.33 bits per heavy atom. The second-order valence-corrected chi connectivity index (χ2v) is 5.45. The number of halogens is 1. The van der Waals surface area contributed by atoms with Gasteiger partial charge >= 0.3 is 0 Å². The Hall–Kier alpha value is -3.04. The Kier molecular flexibility index (Phi) is 4.64. The minimum absolute atomic E-state index is 0.413. The summed E-state index contributed by atoms with van der Waals surface area (Å²) in [7, 11) is 0. The zero-order valence-corrected chi connectivity index (χ0v) is 13.5. The van der Waals surface area contributed by atoms with E-state index in [-0.39, 0.29) is 0 Å². The first-order valence-corrected chi connectivity index (χ1v) is 7.71. The highest BCUT2D eigenvalue weighted by molar-refractivity contribution is 6.29. The van der Waals surface area contributed by atoms with E-state index < -0.39 is 6.04 Å². The quantitative estimate of drug-likeness (QED) is 0.579. The fraction of sp³-hybridized carbons (Fsp3) is 0.118. The lowest BCUT2D eigenvalue weighted by molar-refractivity contribution is 0.945. The van der Waals surface area contributed by atoms with Crippen LogP contribution in [0.5, 0.6) is 0 Å². The zero-order valence-electron chi connectivity index (χ0n) is 12.8. The van der Waals surface area contributed by atoms with Crippen LogP contribution in [-0.4, -0.2) is 28.5 Å². The molecule has 3 rings (SSSR count). The van der Waals surface area contributed by atoms with E-state index in [9.17, 15) is 5.26 Å². The van der Waals surface area contributed by atoms with Crippen LogP contribution in [-0.2, 0) is 0 Å². The summed E-state index contributed by atoms with van der Waals surface area (Å²) in [6.07, 6.45) is 8.90. The number of H-pyrrole nitrogens is 1. The number of nitriles is 1. The molecular weight excluding hydrogens is 324 g/mol. The zero-order chi connectivity index (χ0) is 16.9. The van der Waals surface area contributed by atoms with E-state index in [1.54, 1.807) is 24.4 Å². The number of aromatic nitrogens is 2. The number of aromatic amines is 1. The number of rotatable bonds is 2. The lowest BCUT2D eigenvalue weighted by atomic mass is 10.1. The van der Waals surface area contributed by atoms with Crippen molar-refractivity contribution in [2.45, 2.75) is 6.04 Å². The number of anilines is 1. The molecule has 24 heavy (non-hydrogen) atoms. The Morgan fingerprint density at radius 1 is 1.46 bits per heavy atom. The van der Waals surface area contributed by atoms with Gasteiger partial charge in [0, 0.05) is 12.7 Å². The molecule has 0 radical (unpaired) electrons. The number of aliphatic imine (C=N–C) groups is 1. The molecule has 0 bridgehead atoms. The Bertz CT molecular complexity index is 899. The maximum atomic E-state index is 9.28. The van der Waals surface area contributed by atoms with Crippen LogP contribution in [0.3, 0.4) is 0 Å². The summed E-state index contributed by atoms with van der Waals surface area (Å²) < 4.78 is 0. The van der Waals surface area contributed by atoms with E-state index in [1.165, 1.54) is 0 Å². The minimum Gasteiger partial charge on any atom is -0.358 e. The van der Waals surface area contributed by atoms with E-state index in [0.29, 0.717) is 28.7 Å². The van der Waals surface area contributed by atoms with Gasteiger partial charge < -0.3 is 15.6 Å². The fourth-order valence-corrected chi connectivity index (χ4v) is 2.45. The van der Waals surface area contributed by atoms with Crippen molar-refractivity contribution in [3.8, 4) is 6.07 Å². The van der Waals surface area contributed by atoms with Crippen molar-refractivity contribution in [2.24, 2.45) is 4.99 Å². The number of hydrogen-bond acceptors (Lipinski definition) is 5. The van der Waals surface area contributed by atoms with Gasteiger partial charge in [-0.05, 0) is 18.2 Å². The summed E-state index contributed by atoms with van der Waals surface area (Å²) in [5.74, 6) is 0.523. The normalized spacial score (nSPS) is 23.2. The van der Waals surface area contributed by atoms with Crippen molar-refractivity contribution in [1.82, 2.24) is 15.3 Å². The van der Waals surface area contributed by atoms with Crippen LogP contribution >= 0.6 is 11.6 Å². The summed E-state index contributed by atoms with van der Waals surface area (Å²) >= 11 is 5.98.